The summed E-state index contributed by atoms with van der Waals surface area (Å²) < 4.78 is 5.04. The van der Waals surface area contributed by atoms with E-state index < -0.39 is 18.3 Å². The van der Waals surface area contributed by atoms with Crippen LogP contribution in [0, 0.1) is 0 Å². The molecule has 2 aromatic rings. The van der Waals surface area contributed by atoms with Gasteiger partial charge in [0.25, 0.3) is 0 Å². The molecule has 1 amide bonds. The van der Waals surface area contributed by atoms with Gasteiger partial charge in [-0.2, -0.15) is 0 Å². The minimum atomic E-state index is -1.34. The van der Waals surface area contributed by atoms with Crippen LogP contribution in [0.2, 0.25) is 5.15 Å². The number of halogens is 1. The van der Waals surface area contributed by atoms with E-state index in [9.17, 15) is 15.0 Å². The molecule has 1 heterocycles. The third kappa shape index (κ3) is 5.86. The predicted octanol–water partition coefficient (Wildman–Crippen LogP) is 1.42. The highest BCUT2D eigenvalue weighted by Crippen LogP contribution is 2.23. The number of alkyl carbamates (subject to hydrolysis) is 1. The maximum atomic E-state index is 11.6. The summed E-state index contributed by atoms with van der Waals surface area (Å²) in [6.45, 7) is 0.250. The molecule has 0 aliphatic heterocycles. The Labute approximate surface area is 149 Å². The Hall–Kier alpha value is -2.42. The molecule has 0 saturated heterocycles. The lowest BCUT2D eigenvalue weighted by Crippen LogP contribution is -2.30. The zero-order chi connectivity index (χ0) is 18.2. The fourth-order valence-corrected chi connectivity index (χ4v) is 2.28. The number of carbonyl (C=O) groups is 1. The molecule has 2 atom stereocenters. The number of carbonyl (C=O) groups excluding carboxylic acids is 1. The maximum absolute atomic E-state index is 11.6. The minimum Gasteiger partial charge on any atom is -0.445 e. The number of anilines is 1. The number of hydrogen-bond acceptors (Lipinski definition) is 7. The molecule has 2 rings (SSSR count). The van der Waals surface area contributed by atoms with E-state index in [1.807, 2.05) is 30.3 Å². The average molecular weight is 367 g/mol. The van der Waals surface area contributed by atoms with Gasteiger partial charge < -0.3 is 26.0 Å². The number of nitrogens with two attached hydrogens (primary N) is 1. The normalized spacial score (nSPS) is 13.1. The first kappa shape index (κ1) is 18.9. The molecule has 1 aromatic heterocycles. The summed E-state index contributed by atoms with van der Waals surface area (Å²) in [5, 5.41) is 22.5. The van der Waals surface area contributed by atoms with Crippen LogP contribution in [0.1, 0.15) is 23.8 Å². The Kier molecular flexibility index (Phi) is 6.93. The third-order valence-electron chi connectivity index (χ3n) is 3.34. The van der Waals surface area contributed by atoms with Gasteiger partial charge in [-0.05, 0) is 12.0 Å². The SMILES string of the molecule is Nc1cnc(C(O)C(O)CCNC(=O)OCc2ccccc2)c(Cl)n1. The fourth-order valence-electron chi connectivity index (χ4n) is 2.02. The number of aliphatic hydroxyl groups excluding tert-OH is 2. The van der Waals surface area contributed by atoms with Crippen LogP contribution in [0.5, 0.6) is 0 Å². The molecule has 0 saturated carbocycles. The zero-order valence-corrected chi connectivity index (χ0v) is 14.1. The zero-order valence-electron chi connectivity index (χ0n) is 13.3. The van der Waals surface area contributed by atoms with Gasteiger partial charge in [-0.3, -0.25) is 4.98 Å². The van der Waals surface area contributed by atoms with Gasteiger partial charge in [-0.25, -0.2) is 9.78 Å². The van der Waals surface area contributed by atoms with Gasteiger partial charge in [-0.1, -0.05) is 41.9 Å². The van der Waals surface area contributed by atoms with Crippen LogP contribution in [0.25, 0.3) is 0 Å². The summed E-state index contributed by atoms with van der Waals surface area (Å²) in [6.07, 6.45) is -1.84. The van der Waals surface area contributed by atoms with Gasteiger partial charge in [0.1, 0.15) is 24.2 Å². The second-order valence-electron chi connectivity index (χ2n) is 5.26. The number of aromatic nitrogens is 2. The van der Waals surface area contributed by atoms with Crippen LogP contribution in [0.4, 0.5) is 10.6 Å². The first-order valence-electron chi connectivity index (χ1n) is 7.56. The molecule has 1 aromatic carbocycles. The highest BCUT2D eigenvalue weighted by molar-refractivity contribution is 6.30. The van der Waals surface area contributed by atoms with Crippen LogP contribution in [-0.4, -0.2) is 38.9 Å². The van der Waals surface area contributed by atoms with E-state index in [-0.39, 0.29) is 36.2 Å². The maximum Gasteiger partial charge on any atom is 0.407 e. The molecule has 25 heavy (non-hydrogen) atoms. The molecular weight excluding hydrogens is 348 g/mol. The molecule has 0 bridgehead atoms. The smallest absolute Gasteiger partial charge is 0.407 e. The van der Waals surface area contributed by atoms with Crippen molar-refractivity contribution in [2.75, 3.05) is 12.3 Å². The van der Waals surface area contributed by atoms with Gasteiger partial charge in [0, 0.05) is 6.54 Å². The van der Waals surface area contributed by atoms with Gasteiger partial charge in [-0.15, -0.1) is 0 Å². The van der Waals surface area contributed by atoms with Crippen molar-refractivity contribution in [3.8, 4) is 0 Å². The van der Waals surface area contributed by atoms with Gasteiger partial charge in [0.2, 0.25) is 0 Å². The number of hydrogen-bond donors (Lipinski definition) is 4. The van der Waals surface area contributed by atoms with Gasteiger partial charge >= 0.3 is 6.09 Å². The number of aliphatic hydroxyl groups is 2. The molecular formula is C16H19ClN4O4. The second-order valence-corrected chi connectivity index (χ2v) is 5.62. The van der Waals surface area contributed by atoms with Crippen molar-refractivity contribution >= 4 is 23.5 Å². The Bertz CT molecular complexity index is 702. The van der Waals surface area contributed by atoms with E-state index in [0.717, 1.165) is 5.56 Å². The highest BCUT2D eigenvalue weighted by atomic mass is 35.5. The van der Waals surface area contributed by atoms with Crippen molar-refractivity contribution in [3.63, 3.8) is 0 Å². The summed E-state index contributed by atoms with van der Waals surface area (Å²) in [4.78, 5) is 19.2. The number of nitrogens with one attached hydrogen (secondary N) is 1. The number of nitrogens with zero attached hydrogens (tertiary/aromatic N) is 2. The van der Waals surface area contributed by atoms with Crippen LogP contribution in [0.15, 0.2) is 36.5 Å². The number of benzene rings is 1. The van der Waals surface area contributed by atoms with Crippen molar-refractivity contribution in [1.82, 2.24) is 15.3 Å². The molecule has 0 aliphatic rings. The first-order valence-corrected chi connectivity index (χ1v) is 7.93. The lowest BCUT2D eigenvalue weighted by molar-refractivity contribution is 0.0110. The molecule has 8 nitrogen and oxygen atoms in total. The van der Waals surface area contributed by atoms with Crippen molar-refractivity contribution in [3.05, 3.63) is 52.9 Å². The van der Waals surface area contributed by atoms with E-state index in [0.29, 0.717) is 0 Å². The molecule has 134 valence electrons. The van der Waals surface area contributed by atoms with E-state index in [1.54, 1.807) is 0 Å². The fraction of sp³-hybridized carbons (Fsp3) is 0.312. The van der Waals surface area contributed by atoms with Crippen molar-refractivity contribution in [2.45, 2.75) is 25.2 Å². The quantitative estimate of drug-likeness (QED) is 0.582. The lowest BCUT2D eigenvalue weighted by atomic mass is 10.1. The molecule has 0 radical (unpaired) electrons. The van der Waals surface area contributed by atoms with E-state index in [2.05, 4.69) is 15.3 Å². The van der Waals surface area contributed by atoms with Crippen LogP contribution in [0.3, 0.4) is 0 Å². The van der Waals surface area contributed by atoms with Crippen molar-refractivity contribution in [2.24, 2.45) is 0 Å². The summed E-state index contributed by atoms with van der Waals surface area (Å²) in [5.41, 5.74) is 6.31. The number of nitrogen functional groups attached to an aromatic ring is 1. The van der Waals surface area contributed by atoms with Crippen LogP contribution < -0.4 is 11.1 Å². The summed E-state index contributed by atoms with van der Waals surface area (Å²) in [6, 6.07) is 9.24. The summed E-state index contributed by atoms with van der Waals surface area (Å²) >= 11 is 5.84. The monoisotopic (exact) mass is 366 g/mol. The topological polar surface area (TPSA) is 131 Å². The third-order valence-corrected chi connectivity index (χ3v) is 3.62. The first-order chi connectivity index (χ1) is 12.0. The number of rotatable bonds is 7. The van der Waals surface area contributed by atoms with E-state index in [1.165, 1.54) is 6.20 Å². The lowest BCUT2D eigenvalue weighted by Gasteiger charge is -2.18. The Morgan fingerprint density at radius 1 is 1.32 bits per heavy atom. The number of amides is 1. The summed E-state index contributed by atoms with van der Waals surface area (Å²) in [5.74, 6) is 0.110. The molecule has 2 unspecified atom stereocenters. The van der Waals surface area contributed by atoms with Crippen molar-refractivity contribution < 1.29 is 19.7 Å². The molecule has 5 N–H and O–H groups in total. The Balaban J connectivity index is 1.74. The van der Waals surface area contributed by atoms with E-state index in [4.69, 9.17) is 22.1 Å². The molecule has 9 heteroatoms. The Morgan fingerprint density at radius 2 is 2.04 bits per heavy atom. The number of ether oxygens (including phenoxy) is 1. The summed E-state index contributed by atoms with van der Waals surface area (Å²) in [7, 11) is 0. The molecule has 0 fully saturated rings. The largest absolute Gasteiger partial charge is 0.445 e. The standard InChI is InChI=1S/C16H19ClN4O4/c17-15-13(20-8-12(18)21-15)14(23)11(22)6-7-19-16(24)25-9-10-4-2-1-3-5-10/h1-5,8,11,14,22-23H,6-7,9H2,(H2,18,21)(H,19,24). The highest BCUT2D eigenvalue weighted by Gasteiger charge is 2.23. The molecule has 0 spiro atoms. The average Bonchev–Trinajstić information content (AvgIpc) is 2.60. The van der Waals surface area contributed by atoms with Crippen LogP contribution in [-0.2, 0) is 11.3 Å². The molecule has 0 aliphatic carbocycles. The predicted molar refractivity (Wildman–Crippen MR) is 91.7 cm³/mol. The second kappa shape index (κ2) is 9.16. The van der Waals surface area contributed by atoms with E-state index >= 15 is 0 Å². The van der Waals surface area contributed by atoms with Gasteiger partial charge in [0.05, 0.1) is 12.3 Å². The Morgan fingerprint density at radius 3 is 2.72 bits per heavy atom. The van der Waals surface area contributed by atoms with Gasteiger partial charge in [0.15, 0.2) is 5.15 Å². The minimum absolute atomic E-state index is 0.0232. The van der Waals surface area contributed by atoms with Crippen molar-refractivity contribution in [1.29, 1.82) is 0 Å². The van der Waals surface area contributed by atoms with Crippen LogP contribution >= 0.6 is 11.6 Å².